The zero-order valence-corrected chi connectivity index (χ0v) is 14.3. The molecule has 0 spiro atoms. The molecular formula is C21H21FO3. The van der Waals surface area contributed by atoms with Crippen LogP contribution in [0.1, 0.15) is 38.2 Å². The molecule has 0 N–H and O–H groups in total. The van der Waals surface area contributed by atoms with Crippen molar-refractivity contribution in [3.8, 4) is 23.3 Å². The number of carbonyl (C=O) groups excluding carboxylic acids is 1. The fraction of sp³-hybridized carbons (Fsp3) is 0.286. The lowest BCUT2D eigenvalue weighted by molar-refractivity contribution is -0.128. The molecule has 4 heteroatoms. The molecular weight excluding hydrogens is 319 g/mol. The number of ether oxygens (including phenoxy) is 2. The van der Waals surface area contributed by atoms with Gasteiger partial charge in [0.15, 0.2) is 0 Å². The maximum absolute atomic E-state index is 12.8. The molecule has 0 fully saturated rings. The molecule has 0 saturated heterocycles. The molecule has 0 unspecified atom stereocenters. The van der Waals surface area contributed by atoms with E-state index in [1.165, 1.54) is 43.5 Å². The lowest BCUT2D eigenvalue weighted by Crippen LogP contribution is -2.04. The lowest BCUT2D eigenvalue weighted by atomic mass is 10.2. The van der Waals surface area contributed by atoms with E-state index in [4.69, 9.17) is 9.47 Å². The van der Waals surface area contributed by atoms with E-state index in [-0.39, 0.29) is 5.82 Å². The monoisotopic (exact) mass is 340 g/mol. The first-order valence-electron chi connectivity index (χ1n) is 8.39. The average Bonchev–Trinajstić information content (AvgIpc) is 2.62. The Hall–Kier alpha value is -2.80. The molecule has 0 bridgehead atoms. The summed E-state index contributed by atoms with van der Waals surface area (Å²) < 4.78 is 23.5. The minimum atomic E-state index is -0.669. The van der Waals surface area contributed by atoms with Crippen molar-refractivity contribution in [2.75, 3.05) is 6.61 Å². The molecule has 0 aliphatic carbocycles. The molecule has 0 amide bonds. The van der Waals surface area contributed by atoms with Crippen molar-refractivity contribution < 1.29 is 18.7 Å². The average molecular weight is 340 g/mol. The maximum Gasteiger partial charge on any atom is 0.390 e. The molecule has 0 aliphatic heterocycles. The van der Waals surface area contributed by atoms with Crippen molar-refractivity contribution in [2.24, 2.45) is 0 Å². The molecule has 0 aromatic heterocycles. The van der Waals surface area contributed by atoms with Gasteiger partial charge in [-0.15, -0.1) is 0 Å². The first kappa shape index (κ1) is 18.5. The molecule has 0 radical (unpaired) electrons. The second-order valence-electron chi connectivity index (χ2n) is 5.53. The molecule has 0 atom stereocenters. The van der Waals surface area contributed by atoms with E-state index >= 15 is 0 Å². The van der Waals surface area contributed by atoms with E-state index in [1.807, 2.05) is 0 Å². The molecule has 25 heavy (non-hydrogen) atoms. The smallest absolute Gasteiger partial charge is 0.390 e. The highest BCUT2D eigenvalue weighted by molar-refractivity contribution is 5.90. The van der Waals surface area contributed by atoms with Crippen molar-refractivity contribution in [3.63, 3.8) is 0 Å². The van der Waals surface area contributed by atoms with Gasteiger partial charge in [0.25, 0.3) is 0 Å². The van der Waals surface area contributed by atoms with Gasteiger partial charge in [-0.25, -0.2) is 9.18 Å². The SMILES string of the molecule is CCCCCCOc1ccc(OC(=O)C#Cc2ccc(F)cc2)cc1. The Morgan fingerprint density at radius 1 is 0.960 bits per heavy atom. The van der Waals surface area contributed by atoms with Crippen LogP contribution in [-0.4, -0.2) is 12.6 Å². The van der Waals surface area contributed by atoms with Crippen LogP contribution >= 0.6 is 0 Å². The highest BCUT2D eigenvalue weighted by Gasteiger charge is 2.02. The van der Waals surface area contributed by atoms with Gasteiger partial charge in [0.1, 0.15) is 17.3 Å². The van der Waals surface area contributed by atoms with Gasteiger partial charge in [0.2, 0.25) is 0 Å². The van der Waals surface area contributed by atoms with Crippen LogP contribution in [0.3, 0.4) is 0 Å². The number of rotatable bonds is 7. The van der Waals surface area contributed by atoms with E-state index < -0.39 is 5.97 Å². The number of carbonyl (C=O) groups is 1. The Morgan fingerprint density at radius 3 is 2.32 bits per heavy atom. The van der Waals surface area contributed by atoms with Gasteiger partial charge >= 0.3 is 5.97 Å². The van der Waals surface area contributed by atoms with E-state index in [9.17, 15) is 9.18 Å². The summed E-state index contributed by atoms with van der Waals surface area (Å²) in [6, 6.07) is 12.4. The van der Waals surface area contributed by atoms with Crippen LogP contribution in [0.2, 0.25) is 0 Å². The molecule has 2 aromatic carbocycles. The number of unbranched alkanes of at least 4 members (excludes halogenated alkanes) is 3. The number of halogens is 1. The Morgan fingerprint density at radius 2 is 1.64 bits per heavy atom. The quantitative estimate of drug-likeness (QED) is 0.316. The van der Waals surface area contributed by atoms with Gasteiger partial charge < -0.3 is 9.47 Å². The first-order chi connectivity index (χ1) is 12.2. The summed E-state index contributed by atoms with van der Waals surface area (Å²) in [6.07, 6.45) is 4.61. The number of esters is 1. The highest BCUT2D eigenvalue weighted by atomic mass is 19.1. The minimum absolute atomic E-state index is 0.346. The second kappa shape index (κ2) is 10.1. The van der Waals surface area contributed by atoms with Crippen LogP contribution < -0.4 is 9.47 Å². The van der Waals surface area contributed by atoms with Gasteiger partial charge in [-0.3, -0.25) is 0 Å². The van der Waals surface area contributed by atoms with Gasteiger partial charge in [0, 0.05) is 11.5 Å². The molecule has 0 aliphatic rings. The summed E-state index contributed by atoms with van der Waals surface area (Å²) in [7, 11) is 0. The van der Waals surface area contributed by atoms with Crippen molar-refractivity contribution in [2.45, 2.75) is 32.6 Å². The number of hydrogen-bond acceptors (Lipinski definition) is 3. The first-order valence-corrected chi connectivity index (χ1v) is 8.39. The molecule has 0 heterocycles. The van der Waals surface area contributed by atoms with Crippen LogP contribution in [0.4, 0.5) is 4.39 Å². The number of hydrogen-bond donors (Lipinski definition) is 0. The number of benzene rings is 2. The Labute approximate surface area is 147 Å². The summed E-state index contributed by atoms with van der Waals surface area (Å²) in [6.45, 7) is 2.85. The summed E-state index contributed by atoms with van der Waals surface area (Å²) in [5.74, 6) is 5.13. The fourth-order valence-electron chi connectivity index (χ4n) is 2.11. The molecule has 2 rings (SSSR count). The van der Waals surface area contributed by atoms with Crippen molar-refractivity contribution in [1.29, 1.82) is 0 Å². The summed E-state index contributed by atoms with van der Waals surface area (Å²) in [5, 5.41) is 0. The van der Waals surface area contributed by atoms with Crippen molar-refractivity contribution in [1.82, 2.24) is 0 Å². The summed E-state index contributed by atoms with van der Waals surface area (Å²) in [4.78, 5) is 11.7. The van der Waals surface area contributed by atoms with Crippen LogP contribution in [0.25, 0.3) is 0 Å². The van der Waals surface area contributed by atoms with E-state index in [0.29, 0.717) is 17.9 Å². The Balaban J connectivity index is 1.80. The minimum Gasteiger partial charge on any atom is -0.494 e. The standard InChI is InChI=1S/C21H21FO3/c1-2-3-4-5-16-24-19-11-13-20(14-12-19)25-21(23)15-8-17-6-9-18(22)10-7-17/h6-7,9-14H,2-5,16H2,1H3. The topological polar surface area (TPSA) is 35.5 Å². The zero-order valence-electron chi connectivity index (χ0n) is 14.3. The maximum atomic E-state index is 12.8. The van der Waals surface area contributed by atoms with Gasteiger partial charge in [-0.1, -0.05) is 32.1 Å². The Kier molecular flexibility index (Phi) is 7.52. The molecule has 2 aromatic rings. The molecule has 0 saturated carbocycles. The second-order valence-corrected chi connectivity index (χ2v) is 5.53. The van der Waals surface area contributed by atoms with Crippen LogP contribution in [0.15, 0.2) is 48.5 Å². The fourth-order valence-corrected chi connectivity index (χ4v) is 2.11. The third-order valence-corrected chi connectivity index (χ3v) is 3.45. The summed E-state index contributed by atoms with van der Waals surface area (Å²) in [5.41, 5.74) is 0.546. The van der Waals surface area contributed by atoms with Crippen molar-refractivity contribution >= 4 is 5.97 Å². The summed E-state index contributed by atoms with van der Waals surface area (Å²) >= 11 is 0. The van der Waals surface area contributed by atoms with Crippen LogP contribution in [0, 0.1) is 17.7 Å². The molecule has 3 nitrogen and oxygen atoms in total. The predicted octanol–water partition coefficient (Wildman–Crippen LogP) is 4.74. The molecule has 130 valence electrons. The lowest BCUT2D eigenvalue weighted by Gasteiger charge is -2.06. The highest BCUT2D eigenvalue weighted by Crippen LogP contribution is 2.18. The van der Waals surface area contributed by atoms with E-state index in [0.717, 1.165) is 12.2 Å². The largest absolute Gasteiger partial charge is 0.494 e. The van der Waals surface area contributed by atoms with E-state index in [2.05, 4.69) is 18.8 Å². The van der Waals surface area contributed by atoms with Crippen LogP contribution in [-0.2, 0) is 4.79 Å². The van der Waals surface area contributed by atoms with Gasteiger partial charge in [-0.05, 0) is 55.0 Å². The normalized spacial score (nSPS) is 9.84. The third kappa shape index (κ3) is 7.09. The van der Waals surface area contributed by atoms with E-state index in [1.54, 1.807) is 24.3 Å². The van der Waals surface area contributed by atoms with Crippen molar-refractivity contribution in [3.05, 3.63) is 59.9 Å². The van der Waals surface area contributed by atoms with Crippen LogP contribution in [0.5, 0.6) is 11.5 Å². The van der Waals surface area contributed by atoms with Gasteiger partial charge in [-0.2, -0.15) is 0 Å². The van der Waals surface area contributed by atoms with Gasteiger partial charge in [0.05, 0.1) is 6.61 Å². The Bertz CT molecular complexity index is 724. The third-order valence-electron chi connectivity index (χ3n) is 3.45. The zero-order chi connectivity index (χ0) is 17.9. The predicted molar refractivity (Wildman–Crippen MR) is 95.0 cm³/mol.